The van der Waals surface area contributed by atoms with Crippen molar-refractivity contribution in [3.05, 3.63) is 70.8 Å². The Hall–Kier alpha value is -3.15. The van der Waals surface area contributed by atoms with Crippen LogP contribution >= 0.6 is 0 Å². The smallest absolute Gasteiger partial charge is 0.325 e. The van der Waals surface area contributed by atoms with Crippen molar-refractivity contribution < 1.29 is 14.4 Å². The lowest BCUT2D eigenvalue weighted by Gasteiger charge is -2.30. The van der Waals surface area contributed by atoms with Crippen molar-refractivity contribution in [3.63, 3.8) is 0 Å². The van der Waals surface area contributed by atoms with Crippen LogP contribution in [-0.2, 0) is 28.1 Å². The summed E-state index contributed by atoms with van der Waals surface area (Å²) >= 11 is 0. The second-order valence-corrected chi connectivity index (χ2v) is 8.56. The average Bonchev–Trinajstić information content (AvgIpc) is 2.97. The Morgan fingerprint density at radius 3 is 2.40 bits per heavy atom. The van der Waals surface area contributed by atoms with Gasteiger partial charge in [-0.25, -0.2) is 4.79 Å². The Bertz CT molecular complexity index is 999. The summed E-state index contributed by atoms with van der Waals surface area (Å²) in [6, 6.07) is 15.2. The maximum atomic E-state index is 13.1. The van der Waals surface area contributed by atoms with E-state index in [1.807, 2.05) is 42.5 Å². The van der Waals surface area contributed by atoms with Crippen LogP contribution in [0.3, 0.4) is 0 Å². The molecule has 0 spiro atoms. The van der Waals surface area contributed by atoms with Gasteiger partial charge in [0, 0.05) is 13.1 Å². The third-order valence-electron chi connectivity index (χ3n) is 6.21. The highest BCUT2D eigenvalue weighted by Gasteiger charge is 2.49. The van der Waals surface area contributed by atoms with Crippen LogP contribution in [0.25, 0.3) is 0 Å². The number of nitrogens with zero attached hydrogens (tertiary/aromatic N) is 2. The van der Waals surface area contributed by atoms with Crippen LogP contribution in [-0.4, -0.2) is 40.7 Å². The highest BCUT2D eigenvalue weighted by molar-refractivity contribution is 6.09. The van der Waals surface area contributed by atoms with Crippen LogP contribution < -0.4 is 5.32 Å². The predicted octanol–water partition coefficient (Wildman–Crippen LogP) is 3.16. The minimum Gasteiger partial charge on any atom is -0.336 e. The summed E-state index contributed by atoms with van der Waals surface area (Å²) in [6.07, 6.45) is 0.780. The highest BCUT2D eigenvalue weighted by atomic mass is 16.2. The van der Waals surface area contributed by atoms with Crippen LogP contribution in [0.15, 0.2) is 48.5 Å². The van der Waals surface area contributed by atoms with Gasteiger partial charge >= 0.3 is 6.03 Å². The minimum atomic E-state index is -1.17. The summed E-state index contributed by atoms with van der Waals surface area (Å²) in [4.78, 5) is 41.4. The molecular weight excluding hydrogens is 378 g/mol. The van der Waals surface area contributed by atoms with Crippen LogP contribution in [0, 0.1) is 0 Å². The van der Waals surface area contributed by atoms with Gasteiger partial charge in [0.25, 0.3) is 5.91 Å². The summed E-state index contributed by atoms with van der Waals surface area (Å²) in [6.45, 7) is 6.75. The van der Waals surface area contributed by atoms with E-state index in [0.717, 1.165) is 22.4 Å². The standard InChI is InChI=1S/C24H27N3O3/c1-16(2)17-8-10-20(11-9-17)24(3)22(29)27(23(30)25-24)15-21(28)26-13-12-18-6-4-5-7-19(18)14-26/h4-11,16H,12-15H2,1-3H3,(H,25,30)/t24-/m1/s1. The Morgan fingerprint density at radius 1 is 1.07 bits per heavy atom. The number of amides is 4. The van der Waals surface area contributed by atoms with Crippen molar-refractivity contribution in [2.75, 3.05) is 13.1 Å². The predicted molar refractivity (Wildman–Crippen MR) is 114 cm³/mol. The quantitative estimate of drug-likeness (QED) is 0.795. The fourth-order valence-corrected chi connectivity index (χ4v) is 4.18. The van der Waals surface area contributed by atoms with Crippen molar-refractivity contribution in [3.8, 4) is 0 Å². The molecule has 0 aliphatic carbocycles. The molecule has 1 atom stereocenters. The second-order valence-electron chi connectivity index (χ2n) is 8.56. The first-order valence-electron chi connectivity index (χ1n) is 10.4. The third-order valence-corrected chi connectivity index (χ3v) is 6.21. The molecule has 4 amide bonds. The number of benzene rings is 2. The van der Waals surface area contributed by atoms with Crippen molar-refractivity contribution in [1.82, 2.24) is 15.1 Å². The Balaban J connectivity index is 1.48. The molecule has 0 unspecified atom stereocenters. The fraction of sp³-hybridized carbons (Fsp3) is 0.375. The SMILES string of the molecule is CC(C)c1ccc([C@@]2(C)NC(=O)N(CC(=O)N3CCc4ccccc4C3)C2=O)cc1. The van der Waals surface area contributed by atoms with Gasteiger partial charge < -0.3 is 10.2 Å². The molecule has 6 nitrogen and oxygen atoms in total. The monoisotopic (exact) mass is 405 g/mol. The van der Waals surface area contributed by atoms with E-state index in [1.54, 1.807) is 11.8 Å². The number of urea groups is 1. The van der Waals surface area contributed by atoms with E-state index in [9.17, 15) is 14.4 Å². The van der Waals surface area contributed by atoms with Gasteiger partial charge in [-0.3, -0.25) is 14.5 Å². The van der Waals surface area contributed by atoms with Gasteiger partial charge in [-0.05, 0) is 41.5 Å². The number of carbonyl (C=O) groups is 3. The summed E-state index contributed by atoms with van der Waals surface area (Å²) in [7, 11) is 0. The van der Waals surface area contributed by atoms with E-state index in [4.69, 9.17) is 0 Å². The van der Waals surface area contributed by atoms with Crippen molar-refractivity contribution in [2.45, 2.75) is 45.2 Å². The van der Waals surface area contributed by atoms with Gasteiger partial charge in [0.1, 0.15) is 12.1 Å². The van der Waals surface area contributed by atoms with Crippen LogP contribution in [0.4, 0.5) is 4.79 Å². The van der Waals surface area contributed by atoms with Crippen LogP contribution in [0.2, 0.25) is 0 Å². The number of fused-ring (bicyclic) bond motifs is 1. The van der Waals surface area contributed by atoms with Crippen molar-refractivity contribution in [2.24, 2.45) is 0 Å². The third kappa shape index (κ3) is 3.47. The van der Waals surface area contributed by atoms with Gasteiger partial charge in [0.2, 0.25) is 5.91 Å². The number of hydrogen-bond donors (Lipinski definition) is 1. The lowest BCUT2D eigenvalue weighted by molar-refractivity contribution is -0.139. The molecule has 156 valence electrons. The Morgan fingerprint density at radius 2 is 1.73 bits per heavy atom. The number of nitrogens with one attached hydrogen (secondary N) is 1. The topological polar surface area (TPSA) is 69.7 Å². The van der Waals surface area contributed by atoms with Gasteiger partial charge in [-0.2, -0.15) is 0 Å². The summed E-state index contributed by atoms with van der Waals surface area (Å²) in [5.74, 6) is -0.229. The number of rotatable bonds is 4. The molecule has 1 N–H and O–H groups in total. The van der Waals surface area contributed by atoms with E-state index in [-0.39, 0.29) is 12.5 Å². The zero-order valence-corrected chi connectivity index (χ0v) is 17.6. The lowest BCUT2D eigenvalue weighted by Crippen LogP contribution is -2.45. The molecule has 0 aromatic heterocycles. The van der Waals surface area contributed by atoms with Gasteiger partial charge in [0.15, 0.2) is 0 Å². The number of imide groups is 1. The van der Waals surface area contributed by atoms with Crippen LogP contribution in [0.1, 0.15) is 48.9 Å². The molecule has 6 heteroatoms. The van der Waals surface area contributed by atoms with E-state index in [0.29, 0.717) is 24.6 Å². The first-order chi connectivity index (χ1) is 14.3. The normalized spacial score (nSPS) is 21.1. The average molecular weight is 405 g/mol. The molecule has 2 heterocycles. The Kier molecular flexibility index (Phi) is 5.10. The summed E-state index contributed by atoms with van der Waals surface area (Å²) in [5, 5.41) is 2.79. The van der Waals surface area contributed by atoms with Crippen molar-refractivity contribution >= 4 is 17.8 Å². The van der Waals surface area contributed by atoms with Gasteiger partial charge in [-0.15, -0.1) is 0 Å². The molecule has 30 heavy (non-hydrogen) atoms. The molecule has 2 aliphatic rings. The number of carbonyl (C=O) groups excluding carboxylic acids is 3. The largest absolute Gasteiger partial charge is 0.336 e. The molecule has 2 aromatic carbocycles. The molecule has 0 radical (unpaired) electrons. The first kappa shape index (κ1) is 20.1. The van der Waals surface area contributed by atoms with Crippen molar-refractivity contribution in [1.29, 1.82) is 0 Å². The van der Waals surface area contributed by atoms with Gasteiger partial charge in [-0.1, -0.05) is 62.4 Å². The molecule has 2 aliphatic heterocycles. The zero-order chi connectivity index (χ0) is 21.5. The first-order valence-corrected chi connectivity index (χ1v) is 10.4. The van der Waals surface area contributed by atoms with E-state index < -0.39 is 17.5 Å². The molecule has 1 saturated heterocycles. The van der Waals surface area contributed by atoms with E-state index in [2.05, 4.69) is 25.2 Å². The molecule has 4 rings (SSSR count). The molecule has 1 fully saturated rings. The lowest BCUT2D eigenvalue weighted by atomic mass is 9.90. The van der Waals surface area contributed by atoms with Gasteiger partial charge in [0.05, 0.1) is 0 Å². The number of hydrogen-bond acceptors (Lipinski definition) is 3. The molecule has 0 saturated carbocycles. The van der Waals surface area contributed by atoms with Crippen LogP contribution in [0.5, 0.6) is 0 Å². The summed E-state index contributed by atoms with van der Waals surface area (Å²) in [5.41, 5.74) is 3.07. The van der Waals surface area contributed by atoms with E-state index in [1.165, 1.54) is 5.56 Å². The molecular formula is C24H27N3O3. The fourth-order valence-electron chi connectivity index (χ4n) is 4.18. The highest BCUT2D eigenvalue weighted by Crippen LogP contribution is 2.30. The van der Waals surface area contributed by atoms with E-state index >= 15 is 0 Å². The molecule has 2 aromatic rings. The zero-order valence-electron chi connectivity index (χ0n) is 17.6. The summed E-state index contributed by atoms with van der Waals surface area (Å²) < 4.78 is 0. The second kappa shape index (κ2) is 7.59. The molecule has 0 bridgehead atoms. The maximum absolute atomic E-state index is 13.1. The Labute approximate surface area is 176 Å². The maximum Gasteiger partial charge on any atom is 0.325 e. The minimum absolute atomic E-state index is 0.215.